The van der Waals surface area contributed by atoms with Gasteiger partial charge < -0.3 is 10.6 Å². The molecule has 0 aliphatic carbocycles. The lowest BCUT2D eigenvalue weighted by molar-refractivity contribution is 0.179. The van der Waals surface area contributed by atoms with Crippen LogP contribution in [0.15, 0.2) is 0 Å². The minimum atomic E-state index is 0.393. The van der Waals surface area contributed by atoms with Crippen LogP contribution in [0.1, 0.15) is 48.0 Å². The molecule has 17 heavy (non-hydrogen) atoms. The van der Waals surface area contributed by atoms with E-state index in [0.717, 1.165) is 24.9 Å². The fourth-order valence-corrected chi connectivity index (χ4v) is 2.45. The third-order valence-electron chi connectivity index (χ3n) is 5.12. The number of hydrogen-bond acceptors (Lipinski definition) is 2. The van der Waals surface area contributed by atoms with Gasteiger partial charge in [-0.2, -0.15) is 0 Å². The van der Waals surface area contributed by atoms with Crippen LogP contribution in [0.25, 0.3) is 0 Å². The van der Waals surface area contributed by atoms with Crippen molar-refractivity contribution in [2.45, 2.75) is 48.0 Å². The van der Waals surface area contributed by atoms with Gasteiger partial charge in [-0.3, -0.25) is 0 Å². The van der Waals surface area contributed by atoms with Gasteiger partial charge in [0, 0.05) is 19.6 Å². The normalized spacial score (nSPS) is 26.1. The van der Waals surface area contributed by atoms with Gasteiger partial charge in [0.1, 0.15) is 0 Å². The van der Waals surface area contributed by atoms with Crippen LogP contribution in [-0.2, 0) is 0 Å². The first-order valence-electron chi connectivity index (χ1n) is 7.22. The van der Waals surface area contributed by atoms with Crippen LogP contribution in [0.5, 0.6) is 0 Å². The molecule has 0 aromatic heterocycles. The molecule has 0 spiro atoms. The molecular formula is C15H32N2. The van der Waals surface area contributed by atoms with Gasteiger partial charge in [0.15, 0.2) is 0 Å². The maximum absolute atomic E-state index is 3.73. The molecule has 0 aromatic carbocycles. The molecule has 0 amide bonds. The lowest BCUT2D eigenvalue weighted by Gasteiger charge is -2.36. The lowest BCUT2D eigenvalue weighted by Crippen LogP contribution is -2.44. The Labute approximate surface area is 108 Å². The van der Waals surface area contributed by atoms with E-state index in [1.165, 1.54) is 19.5 Å². The standard InChI is InChI=1S/C15H32N2/c1-12(2)14(5,6)9-17-11-15(13(3)4)7-8-16-10-15/h12-13,16-17H,7-11H2,1-6H3. The fourth-order valence-electron chi connectivity index (χ4n) is 2.45. The number of rotatable bonds is 6. The molecule has 1 aliphatic heterocycles. The van der Waals surface area contributed by atoms with Gasteiger partial charge in [-0.05, 0) is 35.6 Å². The molecule has 2 N–H and O–H groups in total. The predicted octanol–water partition coefficient (Wildman–Crippen LogP) is 2.89. The predicted molar refractivity (Wildman–Crippen MR) is 76.2 cm³/mol. The molecule has 1 saturated heterocycles. The molecule has 0 saturated carbocycles. The van der Waals surface area contributed by atoms with Gasteiger partial charge in [-0.15, -0.1) is 0 Å². The van der Waals surface area contributed by atoms with Crippen molar-refractivity contribution >= 4 is 0 Å². The SMILES string of the molecule is CC(C)C(C)(C)CNCC1(C(C)C)CCNC1. The average molecular weight is 240 g/mol. The van der Waals surface area contributed by atoms with Gasteiger partial charge in [-0.1, -0.05) is 41.5 Å². The Hall–Kier alpha value is -0.0800. The van der Waals surface area contributed by atoms with E-state index in [0.29, 0.717) is 10.8 Å². The van der Waals surface area contributed by atoms with Crippen molar-refractivity contribution in [3.05, 3.63) is 0 Å². The van der Waals surface area contributed by atoms with Crippen molar-refractivity contribution in [1.82, 2.24) is 10.6 Å². The molecule has 0 bridgehead atoms. The molecule has 1 heterocycles. The molecule has 1 unspecified atom stereocenters. The third kappa shape index (κ3) is 3.69. The van der Waals surface area contributed by atoms with E-state index in [-0.39, 0.29) is 0 Å². The maximum Gasteiger partial charge on any atom is 0.00231 e. The summed E-state index contributed by atoms with van der Waals surface area (Å²) in [5.41, 5.74) is 0.872. The van der Waals surface area contributed by atoms with Crippen LogP contribution < -0.4 is 10.6 Å². The van der Waals surface area contributed by atoms with E-state index in [1.807, 2.05) is 0 Å². The van der Waals surface area contributed by atoms with Crippen LogP contribution in [0, 0.1) is 22.7 Å². The minimum absolute atomic E-state index is 0.393. The second kappa shape index (κ2) is 5.71. The highest BCUT2D eigenvalue weighted by atomic mass is 15.0. The highest BCUT2D eigenvalue weighted by Gasteiger charge is 2.36. The monoisotopic (exact) mass is 240 g/mol. The van der Waals surface area contributed by atoms with Crippen LogP contribution in [0.4, 0.5) is 0 Å². The summed E-state index contributed by atoms with van der Waals surface area (Å²) in [6, 6.07) is 0. The topological polar surface area (TPSA) is 24.1 Å². The summed E-state index contributed by atoms with van der Waals surface area (Å²) < 4.78 is 0. The van der Waals surface area contributed by atoms with Crippen molar-refractivity contribution in [3.8, 4) is 0 Å². The molecule has 102 valence electrons. The first kappa shape index (κ1) is 15.0. The maximum atomic E-state index is 3.73. The fraction of sp³-hybridized carbons (Fsp3) is 1.00. The second-order valence-electron chi connectivity index (χ2n) is 7.19. The largest absolute Gasteiger partial charge is 0.316 e. The van der Waals surface area contributed by atoms with Crippen LogP contribution in [0.3, 0.4) is 0 Å². The Balaban J connectivity index is 2.44. The molecule has 1 rings (SSSR count). The van der Waals surface area contributed by atoms with E-state index in [4.69, 9.17) is 0 Å². The van der Waals surface area contributed by atoms with Crippen LogP contribution in [0.2, 0.25) is 0 Å². The van der Waals surface area contributed by atoms with Crippen molar-refractivity contribution in [2.75, 3.05) is 26.2 Å². The summed E-state index contributed by atoms with van der Waals surface area (Å²) in [6.07, 6.45) is 1.32. The second-order valence-corrected chi connectivity index (χ2v) is 7.19. The lowest BCUT2D eigenvalue weighted by atomic mass is 9.75. The molecular weight excluding hydrogens is 208 g/mol. The molecule has 1 fully saturated rings. The van der Waals surface area contributed by atoms with E-state index < -0.39 is 0 Å². The zero-order chi connectivity index (χ0) is 13.1. The van der Waals surface area contributed by atoms with Crippen molar-refractivity contribution in [1.29, 1.82) is 0 Å². The molecule has 1 aliphatic rings. The highest BCUT2D eigenvalue weighted by Crippen LogP contribution is 2.33. The Kier molecular flexibility index (Phi) is 5.03. The zero-order valence-corrected chi connectivity index (χ0v) is 12.7. The highest BCUT2D eigenvalue weighted by molar-refractivity contribution is 4.92. The Morgan fingerprint density at radius 1 is 1.24 bits per heavy atom. The first-order chi connectivity index (χ1) is 7.80. The summed E-state index contributed by atoms with van der Waals surface area (Å²) in [5.74, 6) is 1.49. The molecule has 2 heteroatoms. The molecule has 0 radical (unpaired) electrons. The molecule has 2 nitrogen and oxygen atoms in total. The summed E-state index contributed by atoms with van der Waals surface area (Å²) in [4.78, 5) is 0. The minimum Gasteiger partial charge on any atom is -0.316 e. The number of hydrogen-bond donors (Lipinski definition) is 2. The van der Waals surface area contributed by atoms with E-state index in [2.05, 4.69) is 52.2 Å². The quantitative estimate of drug-likeness (QED) is 0.746. The average Bonchev–Trinajstić information content (AvgIpc) is 2.67. The zero-order valence-electron chi connectivity index (χ0n) is 12.7. The first-order valence-corrected chi connectivity index (χ1v) is 7.22. The van der Waals surface area contributed by atoms with E-state index >= 15 is 0 Å². The summed E-state index contributed by atoms with van der Waals surface area (Å²) in [6.45, 7) is 18.7. The molecule has 0 aromatic rings. The summed E-state index contributed by atoms with van der Waals surface area (Å²) in [7, 11) is 0. The van der Waals surface area contributed by atoms with Gasteiger partial charge in [0.2, 0.25) is 0 Å². The van der Waals surface area contributed by atoms with E-state index in [1.54, 1.807) is 0 Å². The molecule has 1 atom stereocenters. The smallest absolute Gasteiger partial charge is 0.00231 e. The third-order valence-corrected chi connectivity index (χ3v) is 5.12. The van der Waals surface area contributed by atoms with Gasteiger partial charge in [0.25, 0.3) is 0 Å². The van der Waals surface area contributed by atoms with Gasteiger partial charge in [0.05, 0.1) is 0 Å². The van der Waals surface area contributed by atoms with Crippen LogP contribution in [-0.4, -0.2) is 26.2 Å². The summed E-state index contributed by atoms with van der Waals surface area (Å²) >= 11 is 0. The Morgan fingerprint density at radius 2 is 1.88 bits per heavy atom. The Morgan fingerprint density at radius 3 is 2.29 bits per heavy atom. The number of nitrogens with one attached hydrogen (secondary N) is 2. The van der Waals surface area contributed by atoms with Crippen molar-refractivity contribution in [3.63, 3.8) is 0 Å². The summed E-state index contributed by atoms with van der Waals surface area (Å²) in [5, 5.41) is 7.26. The van der Waals surface area contributed by atoms with Gasteiger partial charge >= 0.3 is 0 Å². The van der Waals surface area contributed by atoms with E-state index in [9.17, 15) is 0 Å². The van der Waals surface area contributed by atoms with Crippen molar-refractivity contribution in [2.24, 2.45) is 22.7 Å². The van der Waals surface area contributed by atoms with Crippen molar-refractivity contribution < 1.29 is 0 Å². The van der Waals surface area contributed by atoms with Gasteiger partial charge in [-0.25, -0.2) is 0 Å². The van der Waals surface area contributed by atoms with Crippen LogP contribution >= 0.6 is 0 Å². The Bertz CT molecular complexity index is 225.